The summed E-state index contributed by atoms with van der Waals surface area (Å²) in [5.41, 5.74) is 0.552. The van der Waals surface area contributed by atoms with Crippen molar-refractivity contribution < 1.29 is 4.74 Å². The van der Waals surface area contributed by atoms with Gasteiger partial charge in [0.05, 0.1) is 6.10 Å². The Hall–Kier alpha value is -0.120. The molecule has 0 amide bonds. The van der Waals surface area contributed by atoms with Crippen molar-refractivity contribution in [3.63, 3.8) is 0 Å². The van der Waals surface area contributed by atoms with E-state index in [9.17, 15) is 0 Å². The Labute approximate surface area is 124 Å². The van der Waals surface area contributed by atoms with Gasteiger partial charge in [0.1, 0.15) is 0 Å². The van der Waals surface area contributed by atoms with Crippen LogP contribution in [0.5, 0.6) is 0 Å². The Balaban J connectivity index is 1.56. The van der Waals surface area contributed by atoms with Crippen LogP contribution >= 0.6 is 0 Å². The molecule has 20 heavy (non-hydrogen) atoms. The summed E-state index contributed by atoms with van der Waals surface area (Å²) < 4.78 is 5.59. The Morgan fingerprint density at radius 1 is 1.10 bits per heavy atom. The first-order valence-electron chi connectivity index (χ1n) is 8.78. The van der Waals surface area contributed by atoms with Gasteiger partial charge in [0.25, 0.3) is 0 Å². The standard InChI is InChI=1S/C17H32N2O/c1-20-16-6-5-11-19(12-16)14-17(9-3-2-4-10-17)13-18-15-7-8-15/h15-16,18H,2-14H2,1H3. The first-order chi connectivity index (χ1) is 9.80. The number of rotatable bonds is 6. The minimum atomic E-state index is 0.473. The van der Waals surface area contributed by atoms with Crippen molar-refractivity contribution in [3.8, 4) is 0 Å². The van der Waals surface area contributed by atoms with E-state index in [4.69, 9.17) is 4.74 Å². The van der Waals surface area contributed by atoms with Crippen molar-refractivity contribution in [1.82, 2.24) is 10.2 Å². The van der Waals surface area contributed by atoms with E-state index in [1.54, 1.807) is 0 Å². The third kappa shape index (κ3) is 3.96. The zero-order valence-electron chi connectivity index (χ0n) is 13.2. The van der Waals surface area contributed by atoms with E-state index < -0.39 is 0 Å². The van der Waals surface area contributed by atoms with Crippen LogP contribution in [0, 0.1) is 5.41 Å². The number of hydrogen-bond acceptors (Lipinski definition) is 3. The van der Waals surface area contributed by atoms with Crippen molar-refractivity contribution in [2.24, 2.45) is 5.41 Å². The molecule has 2 aliphatic carbocycles. The van der Waals surface area contributed by atoms with E-state index in [0.717, 1.165) is 12.6 Å². The highest BCUT2D eigenvalue weighted by molar-refractivity contribution is 4.92. The molecule has 0 radical (unpaired) electrons. The average molecular weight is 280 g/mol. The van der Waals surface area contributed by atoms with Crippen LogP contribution in [0.25, 0.3) is 0 Å². The molecule has 3 rings (SSSR count). The van der Waals surface area contributed by atoms with E-state index >= 15 is 0 Å². The Morgan fingerprint density at radius 3 is 2.60 bits per heavy atom. The molecule has 1 aliphatic heterocycles. The number of ether oxygens (including phenoxy) is 1. The van der Waals surface area contributed by atoms with Crippen molar-refractivity contribution >= 4 is 0 Å². The predicted molar refractivity (Wildman–Crippen MR) is 83.0 cm³/mol. The summed E-state index contributed by atoms with van der Waals surface area (Å²) in [6, 6.07) is 0.849. The fraction of sp³-hybridized carbons (Fsp3) is 1.00. The summed E-state index contributed by atoms with van der Waals surface area (Å²) in [5.74, 6) is 0. The molecule has 1 heterocycles. The molecule has 3 nitrogen and oxygen atoms in total. The molecule has 0 spiro atoms. The maximum atomic E-state index is 5.59. The third-order valence-corrected chi connectivity index (χ3v) is 5.61. The lowest BCUT2D eigenvalue weighted by Crippen LogP contribution is -2.49. The van der Waals surface area contributed by atoms with Gasteiger partial charge in [-0.25, -0.2) is 0 Å². The van der Waals surface area contributed by atoms with Gasteiger partial charge in [-0.15, -0.1) is 0 Å². The lowest BCUT2D eigenvalue weighted by Gasteiger charge is -2.43. The van der Waals surface area contributed by atoms with E-state index in [0.29, 0.717) is 11.5 Å². The first-order valence-corrected chi connectivity index (χ1v) is 8.78. The molecule has 116 valence electrons. The fourth-order valence-electron chi connectivity index (χ4n) is 4.16. The smallest absolute Gasteiger partial charge is 0.0698 e. The highest BCUT2D eigenvalue weighted by Crippen LogP contribution is 2.38. The highest BCUT2D eigenvalue weighted by Gasteiger charge is 2.36. The van der Waals surface area contributed by atoms with Crippen LogP contribution in [-0.2, 0) is 4.74 Å². The fourth-order valence-corrected chi connectivity index (χ4v) is 4.16. The van der Waals surface area contributed by atoms with Crippen LogP contribution in [0.4, 0.5) is 0 Å². The number of likely N-dealkylation sites (tertiary alicyclic amines) is 1. The maximum Gasteiger partial charge on any atom is 0.0698 e. The number of piperidine rings is 1. The zero-order valence-corrected chi connectivity index (χ0v) is 13.2. The summed E-state index contributed by atoms with van der Waals surface area (Å²) in [7, 11) is 1.87. The van der Waals surface area contributed by atoms with Gasteiger partial charge in [-0.05, 0) is 50.5 Å². The lowest BCUT2D eigenvalue weighted by atomic mass is 9.73. The van der Waals surface area contributed by atoms with Gasteiger partial charge in [0.2, 0.25) is 0 Å². The van der Waals surface area contributed by atoms with Gasteiger partial charge in [0, 0.05) is 32.8 Å². The van der Waals surface area contributed by atoms with E-state index in [1.165, 1.54) is 77.4 Å². The third-order valence-electron chi connectivity index (χ3n) is 5.61. The van der Waals surface area contributed by atoms with Gasteiger partial charge in [-0.2, -0.15) is 0 Å². The molecule has 0 aromatic rings. The summed E-state index contributed by atoms with van der Waals surface area (Å²) in [4.78, 5) is 2.69. The van der Waals surface area contributed by atoms with Gasteiger partial charge in [-0.1, -0.05) is 19.3 Å². The predicted octanol–water partition coefficient (Wildman–Crippen LogP) is 2.80. The quantitative estimate of drug-likeness (QED) is 0.810. The summed E-state index contributed by atoms with van der Waals surface area (Å²) >= 11 is 0. The summed E-state index contributed by atoms with van der Waals surface area (Å²) in [6.45, 7) is 4.99. The molecule has 1 N–H and O–H groups in total. The van der Waals surface area contributed by atoms with Crippen LogP contribution in [0.2, 0.25) is 0 Å². The number of hydrogen-bond donors (Lipinski definition) is 1. The van der Waals surface area contributed by atoms with E-state index in [1.807, 2.05) is 7.11 Å². The SMILES string of the molecule is COC1CCCN(CC2(CNC3CC3)CCCCC2)C1. The van der Waals surface area contributed by atoms with E-state index in [-0.39, 0.29) is 0 Å². The molecule has 1 atom stereocenters. The zero-order chi connectivity index (χ0) is 13.8. The molecule has 0 bridgehead atoms. The van der Waals surface area contributed by atoms with Gasteiger partial charge >= 0.3 is 0 Å². The minimum absolute atomic E-state index is 0.473. The van der Waals surface area contributed by atoms with Crippen molar-refractivity contribution in [3.05, 3.63) is 0 Å². The first kappa shape index (κ1) is 14.8. The van der Waals surface area contributed by atoms with Crippen molar-refractivity contribution in [2.75, 3.05) is 33.3 Å². The Bertz CT molecular complexity index is 297. The molecule has 3 heteroatoms. The molecule has 3 fully saturated rings. The summed E-state index contributed by atoms with van der Waals surface area (Å²) in [5, 5.41) is 3.82. The lowest BCUT2D eigenvalue weighted by molar-refractivity contribution is 0.00657. The number of nitrogens with one attached hydrogen (secondary N) is 1. The van der Waals surface area contributed by atoms with E-state index in [2.05, 4.69) is 10.2 Å². The topological polar surface area (TPSA) is 24.5 Å². The Morgan fingerprint density at radius 2 is 1.90 bits per heavy atom. The molecular weight excluding hydrogens is 248 g/mol. The minimum Gasteiger partial charge on any atom is -0.380 e. The average Bonchev–Trinajstić information content (AvgIpc) is 3.31. The van der Waals surface area contributed by atoms with Crippen LogP contribution in [0.1, 0.15) is 57.8 Å². The van der Waals surface area contributed by atoms with Gasteiger partial charge in [0.15, 0.2) is 0 Å². The second-order valence-corrected chi connectivity index (χ2v) is 7.45. The number of methoxy groups -OCH3 is 1. The Kier molecular flexibility index (Phi) is 5.00. The molecule has 1 unspecified atom stereocenters. The molecule has 2 saturated carbocycles. The molecule has 0 aromatic carbocycles. The van der Waals surface area contributed by atoms with Crippen molar-refractivity contribution in [2.45, 2.75) is 69.9 Å². The molecule has 1 saturated heterocycles. The maximum absolute atomic E-state index is 5.59. The molecular formula is C17H32N2O. The second kappa shape index (κ2) is 6.76. The highest BCUT2D eigenvalue weighted by atomic mass is 16.5. The molecule has 3 aliphatic rings. The largest absolute Gasteiger partial charge is 0.380 e. The van der Waals surface area contributed by atoms with Gasteiger partial charge < -0.3 is 15.0 Å². The monoisotopic (exact) mass is 280 g/mol. The van der Waals surface area contributed by atoms with Crippen LogP contribution in [0.3, 0.4) is 0 Å². The van der Waals surface area contributed by atoms with Crippen molar-refractivity contribution in [1.29, 1.82) is 0 Å². The summed E-state index contributed by atoms with van der Waals surface area (Å²) in [6.07, 6.45) is 13.0. The van der Waals surface area contributed by atoms with Gasteiger partial charge in [-0.3, -0.25) is 0 Å². The van der Waals surface area contributed by atoms with Crippen LogP contribution < -0.4 is 5.32 Å². The normalized spacial score (nSPS) is 31.4. The second-order valence-electron chi connectivity index (χ2n) is 7.45. The van der Waals surface area contributed by atoms with Crippen LogP contribution in [-0.4, -0.2) is 50.3 Å². The van der Waals surface area contributed by atoms with Crippen LogP contribution in [0.15, 0.2) is 0 Å². The number of nitrogens with zero attached hydrogens (tertiary/aromatic N) is 1. The molecule has 0 aromatic heterocycles.